The van der Waals surface area contributed by atoms with Crippen molar-refractivity contribution < 1.29 is 23.8 Å². The average molecular weight is 586 g/mol. The van der Waals surface area contributed by atoms with Crippen LogP contribution in [0.3, 0.4) is 0 Å². The highest BCUT2D eigenvalue weighted by Crippen LogP contribution is 2.20. The second kappa shape index (κ2) is 19.3. The first-order valence-electron chi connectivity index (χ1n) is 15.9. The summed E-state index contributed by atoms with van der Waals surface area (Å²) in [4.78, 5) is 29.6. The highest BCUT2D eigenvalue weighted by atomic mass is 16.5. The molecule has 3 rings (SSSR count). The quantitative estimate of drug-likeness (QED) is 0.0606. The molecule has 0 amide bonds. The molecule has 0 saturated carbocycles. The summed E-state index contributed by atoms with van der Waals surface area (Å²) in [6.45, 7) is 7.06. The summed E-state index contributed by atoms with van der Waals surface area (Å²) < 4.78 is 16.9. The van der Waals surface area contributed by atoms with Crippen molar-refractivity contribution >= 4 is 23.8 Å². The summed E-state index contributed by atoms with van der Waals surface area (Å²) in [5.41, 5.74) is 2.54. The molecule has 6 heteroatoms. The van der Waals surface area contributed by atoms with Gasteiger partial charge in [0.25, 0.3) is 0 Å². The first-order chi connectivity index (χ1) is 21.0. The number of ether oxygens (including phenoxy) is 3. The van der Waals surface area contributed by atoms with Crippen LogP contribution in [0.15, 0.2) is 77.8 Å². The highest BCUT2D eigenvalue weighted by Gasteiger charge is 2.13. The van der Waals surface area contributed by atoms with Crippen LogP contribution in [0.5, 0.6) is 11.5 Å². The summed E-state index contributed by atoms with van der Waals surface area (Å²) in [7, 11) is 0. The van der Waals surface area contributed by atoms with Crippen molar-refractivity contribution in [1.82, 2.24) is 0 Å². The number of unbranched alkanes of at least 4 members (excludes halogenated alkanes) is 8. The number of hydrogen-bond acceptors (Lipinski definition) is 6. The Bertz CT molecular complexity index is 1250. The monoisotopic (exact) mass is 585 g/mol. The third-order valence-corrected chi connectivity index (χ3v) is 7.19. The minimum Gasteiger partial charge on any atom is -0.494 e. The van der Waals surface area contributed by atoms with E-state index in [0.717, 1.165) is 49.3 Å². The van der Waals surface area contributed by atoms with Gasteiger partial charge in [-0.3, -0.25) is 4.99 Å². The number of aliphatic imine (C=N–C) groups is 1. The molecule has 0 spiro atoms. The molecule has 0 heterocycles. The molecule has 0 fully saturated rings. The lowest BCUT2D eigenvalue weighted by Crippen LogP contribution is -2.15. The molecule has 0 bridgehead atoms. The van der Waals surface area contributed by atoms with E-state index in [1.165, 1.54) is 44.9 Å². The smallest absolute Gasteiger partial charge is 0.343 e. The first kappa shape index (κ1) is 33.6. The lowest BCUT2D eigenvalue weighted by Gasteiger charge is -2.13. The number of hydrogen-bond donors (Lipinski definition) is 0. The van der Waals surface area contributed by atoms with E-state index >= 15 is 0 Å². The topological polar surface area (TPSA) is 74.2 Å². The Kier molecular flexibility index (Phi) is 15.1. The summed E-state index contributed by atoms with van der Waals surface area (Å²) in [6, 6.07) is 21.2. The maximum atomic E-state index is 12.6. The molecular weight excluding hydrogens is 538 g/mol. The fraction of sp³-hybridized carbons (Fsp3) is 0.432. The molecule has 230 valence electrons. The molecule has 3 aromatic rings. The van der Waals surface area contributed by atoms with E-state index in [9.17, 15) is 9.59 Å². The van der Waals surface area contributed by atoms with Crippen LogP contribution in [0.4, 0.5) is 5.69 Å². The normalized spacial score (nSPS) is 11.8. The van der Waals surface area contributed by atoms with Crippen molar-refractivity contribution in [2.24, 2.45) is 4.99 Å². The van der Waals surface area contributed by atoms with Crippen molar-refractivity contribution in [2.45, 2.75) is 97.5 Å². The van der Waals surface area contributed by atoms with Gasteiger partial charge >= 0.3 is 11.9 Å². The molecule has 0 aliphatic rings. The number of benzene rings is 3. The molecule has 43 heavy (non-hydrogen) atoms. The number of esters is 2. The lowest BCUT2D eigenvalue weighted by atomic mass is 10.1. The molecule has 0 saturated heterocycles. The second-order valence-corrected chi connectivity index (χ2v) is 11.0. The SMILES string of the molecule is CCCCCCCCOc1ccc(N=Cc2ccc(C(=O)Oc3ccc(C(=O)O[C@H](C)CCCCCC)cc3)cc2)cc1. The molecule has 1 atom stereocenters. The van der Waals surface area contributed by atoms with Crippen molar-refractivity contribution in [3.63, 3.8) is 0 Å². The van der Waals surface area contributed by atoms with Gasteiger partial charge < -0.3 is 14.2 Å². The zero-order valence-electron chi connectivity index (χ0n) is 26.1. The Balaban J connectivity index is 1.42. The van der Waals surface area contributed by atoms with Crippen LogP contribution in [-0.4, -0.2) is 30.9 Å². The lowest BCUT2D eigenvalue weighted by molar-refractivity contribution is 0.0319. The van der Waals surface area contributed by atoms with Gasteiger partial charge in [0.05, 0.1) is 29.5 Å². The van der Waals surface area contributed by atoms with Crippen molar-refractivity contribution in [1.29, 1.82) is 0 Å². The first-order valence-corrected chi connectivity index (χ1v) is 15.9. The van der Waals surface area contributed by atoms with Crippen LogP contribution >= 0.6 is 0 Å². The Morgan fingerprint density at radius 3 is 1.91 bits per heavy atom. The van der Waals surface area contributed by atoms with Gasteiger partial charge in [0, 0.05) is 6.21 Å². The van der Waals surface area contributed by atoms with E-state index in [2.05, 4.69) is 18.8 Å². The van der Waals surface area contributed by atoms with Crippen molar-refractivity contribution in [2.75, 3.05) is 6.61 Å². The molecule has 0 N–H and O–H groups in total. The molecule has 3 aromatic carbocycles. The molecule has 0 aliphatic heterocycles. The fourth-order valence-corrected chi connectivity index (χ4v) is 4.55. The average Bonchev–Trinajstić information content (AvgIpc) is 3.03. The third-order valence-electron chi connectivity index (χ3n) is 7.19. The van der Waals surface area contributed by atoms with Gasteiger partial charge in [0.1, 0.15) is 11.5 Å². The minimum absolute atomic E-state index is 0.130. The zero-order valence-corrected chi connectivity index (χ0v) is 26.1. The van der Waals surface area contributed by atoms with E-state index < -0.39 is 5.97 Å². The molecule has 0 aromatic heterocycles. The zero-order chi connectivity index (χ0) is 30.7. The molecule has 6 nitrogen and oxygen atoms in total. The highest BCUT2D eigenvalue weighted by molar-refractivity contribution is 5.93. The van der Waals surface area contributed by atoms with Gasteiger partial charge in [-0.15, -0.1) is 0 Å². The largest absolute Gasteiger partial charge is 0.494 e. The van der Waals surface area contributed by atoms with Crippen LogP contribution in [0, 0.1) is 0 Å². The molecule has 0 unspecified atom stereocenters. The summed E-state index contributed by atoms with van der Waals surface area (Å²) in [5, 5.41) is 0. The van der Waals surface area contributed by atoms with Crippen molar-refractivity contribution in [3.8, 4) is 11.5 Å². The second-order valence-electron chi connectivity index (χ2n) is 11.0. The van der Waals surface area contributed by atoms with Crippen molar-refractivity contribution in [3.05, 3.63) is 89.5 Å². The Morgan fingerprint density at radius 2 is 1.23 bits per heavy atom. The van der Waals surface area contributed by atoms with E-state index in [1.54, 1.807) is 42.6 Å². The van der Waals surface area contributed by atoms with E-state index in [1.807, 2.05) is 43.3 Å². The summed E-state index contributed by atoms with van der Waals surface area (Å²) >= 11 is 0. The molecule has 0 aliphatic carbocycles. The van der Waals surface area contributed by atoms with Gasteiger partial charge in [-0.05, 0) is 92.4 Å². The predicted molar refractivity (Wildman–Crippen MR) is 174 cm³/mol. The van der Waals surface area contributed by atoms with Crippen LogP contribution in [0.25, 0.3) is 0 Å². The molecular formula is C37H47NO5. The number of carbonyl (C=O) groups is 2. The van der Waals surface area contributed by atoms with Gasteiger partial charge in [-0.25, -0.2) is 9.59 Å². The number of carbonyl (C=O) groups excluding carboxylic acids is 2. The van der Waals surface area contributed by atoms with Gasteiger partial charge in [-0.1, -0.05) is 77.3 Å². The van der Waals surface area contributed by atoms with Crippen LogP contribution in [0.1, 0.15) is 118 Å². The Morgan fingerprint density at radius 1 is 0.674 bits per heavy atom. The third kappa shape index (κ3) is 12.9. The summed E-state index contributed by atoms with van der Waals surface area (Å²) in [6.07, 6.45) is 14.5. The Labute approximate surface area is 257 Å². The van der Waals surface area contributed by atoms with E-state index in [0.29, 0.717) is 16.9 Å². The maximum Gasteiger partial charge on any atom is 0.343 e. The van der Waals surface area contributed by atoms with Gasteiger partial charge in [-0.2, -0.15) is 0 Å². The Hall–Kier alpha value is -3.93. The van der Waals surface area contributed by atoms with Gasteiger partial charge in [0.2, 0.25) is 0 Å². The molecule has 0 radical (unpaired) electrons. The maximum absolute atomic E-state index is 12.6. The van der Waals surface area contributed by atoms with E-state index in [-0.39, 0.29) is 12.1 Å². The van der Waals surface area contributed by atoms with Crippen LogP contribution < -0.4 is 9.47 Å². The van der Waals surface area contributed by atoms with E-state index in [4.69, 9.17) is 14.2 Å². The van der Waals surface area contributed by atoms with Crippen LogP contribution in [-0.2, 0) is 4.74 Å². The summed E-state index contributed by atoms with van der Waals surface area (Å²) in [5.74, 6) is 0.369. The van der Waals surface area contributed by atoms with Crippen LogP contribution in [0.2, 0.25) is 0 Å². The number of rotatable bonds is 19. The number of nitrogens with zero attached hydrogens (tertiary/aromatic N) is 1. The fourth-order valence-electron chi connectivity index (χ4n) is 4.55. The minimum atomic E-state index is -0.476. The predicted octanol–water partition coefficient (Wildman–Crippen LogP) is 9.91. The van der Waals surface area contributed by atoms with Gasteiger partial charge in [0.15, 0.2) is 0 Å². The standard InChI is InChI=1S/C37H47NO5/c1-4-6-8-10-11-13-27-41-34-25-21-33(22-26-34)38-28-30-15-17-31(18-16-30)37(40)43-35-23-19-32(20-24-35)36(39)42-29(3)14-12-9-7-5-2/h15-26,28-29H,4-14,27H2,1-3H3/t29-/m1/s1.